The molecule has 25 heavy (non-hydrogen) atoms. The molecule has 2 aromatic carbocycles. The molecule has 6 nitrogen and oxygen atoms in total. The highest BCUT2D eigenvalue weighted by atomic mass is 16.5. The second-order valence-corrected chi connectivity index (χ2v) is 6.00. The lowest BCUT2D eigenvalue weighted by molar-refractivity contribution is 0.265. The summed E-state index contributed by atoms with van der Waals surface area (Å²) in [6.07, 6.45) is 5.06. The number of para-hydroxylation sites is 1. The molecular formula is C19H14N4O2. The maximum Gasteiger partial charge on any atom is 0.283 e. The third-order valence-corrected chi connectivity index (χ3v) is 4.59. The van der Waals surface area contributed by atoms with E-state index in [2.05, 4.69) is 9.97 Å². The van der Waals surface area contributed by atoms with E-state index < -0.39 is 5.54 Å². The van der Waals surface area contributed by atoms with Crippen LogP contribution in [0.4, 0.5) is 0 Å². The number of nitrogens with two attached hydrogens (primary N) is 1. The fourth-order valence-electron chi connectivity index (χ4n) is 3.57. The number of hydrogen-bond acceptors (Lipinski definition) is 6. The predicted molar refractivity (Wildman–Crippen MR) is 92.3 cm³/mol. The number of aromatic nitrogens is 2. The van der Waals surface area contributed by atoms with Gasteiger partial charge in [0.15, 0.2) is 5.54 Å². The first-order chi connectivity index (χ1) is 12.3. The Morgan fingerprint density at radius 3 is 2.56 bits per heavy atom. The molecule has 6 heteroatoms. The van der Waals surface area contributed by atoms with Crippen molar-refractivity contribution >= 4 is 6.02 Å². The molecule has 3 aromatic rings. The van der Waals surface area contributed by atoms with Crippen LogP contribution in [0.25, 0.3) is 11.1 Å². The summed E-state index contributed by atoms with van der Waals surface area (Å²) in [6, 6.07) is 13.9. The summed E-state index contributed by atoms with van der Waals surface area (Å²) >= 11 is 0. The van der Waals surface area contributed by atoms with Crippen LogP contribution in [0.3, 0.4) is 0 Å². The van der Waals surface area contributed by atoms with Gasteiger partial charge in [-0.3, -0.25) is 0 Å². The van der Waals surface area contributed by atoms with Crippen LogP contribution in [0.15, 0.2) is 66.2 Å². The van der Waals surface area contributed by atoms with Crippen LogP contribution < -0.4 is 10.5 Å². The summed E-state index contributed by atoms with van der Waals surface area (Å²) in [5.74, 6) is 1.50. The molecule has 0 aliphatic carbocycles. The van der Waals surface area contributed by atoms with Crippen LogP contribution in [0, 0.1) is 0 Å². The normalized spacial score (nSPS) is 20.2. The minimum absolute atomic E-state index is 0.182. The van der Waals surface area contributed by atoms with E-state index in [9.17, 15) is 0 Å². The molecule has 0 saturated carbocycles. The maximum atomic E-state index is 6.16. The molecule has 0 fully saturated rings. The van der Waals surface area contributed by atoms with Gasteiger partial charge in [0.05, 0.1) is 0 Å². The van der Waals surface area contributed by atoms with Crippen molar-refractivity contribution in [3.63, 3.8) is 0 Å². The van der Waals surface area contributed by atoms with Gasteiger partial charge in [-0.25, -0.2) is 15.0 Å². The first-order valence-electron chi connectivity index (χ1n) is 7.92. The molecule has 122 valence electrons. The summed E-state index contributed by atoms with van der Waals surface area (Å²) in [4.78, 5) is 13.0. The average Bonchev–Trinajstić information content (AvgIpc) is 3.04. The molecule has 3 heterocycles. The van der Waals surface area contributed by atoms with E-state index in [0.717, 1.165) is 33.8 Å². The van der Waals surface area contributed by atoms with Gasteiger partial charge >= 0.3 is 0 Å². The Kier molecular flexibility index (Phi) is 2.82. The Morgan fingerprint density at radius 2 is 1.76 bits per heavy atom. The Bertz CT molecular complexity index is 1000. The molecule has 2 N–H and O–H groups in total. The van der Waals surface area contributed by atoms with Gasteiger partial charge in [-0.15, -0.1) is 0 Å². The molecule has 0 amide bonds. The predicted octanol–water partition coefficient (Wildman–Crippen LogP) is 2.84. The number of rotatable bonds is 1. The maximum absolute atomic E-state index is 6.16. The minimum atomic E-state index is -0.735. The van der Waals surface area contributed by atoms with Crippen LogP contribution >= 0.6 is 0 Å². The summed E-state index contributed by atoms with van der Waals surface area (Å²) in [7, 11) is 0. The van der Waals surface area contributed by atoms with E-state index >= 15 is 0 Å². The summed E-state index contributed by atoms with van der Waals surface area (Å²) in [5.41, 5.74) is 8.87. The van der Waals surface area contributed by atoms with Gasteiger partial charge in [0.2, 0.25) is 0 Å². The Hall–Kier alpha value is -3.41. The van der Waals surface area contributed by atoms with Gasteiger partial charge in [-0.2, -0.15) is 0 Å². The van der Waals surface area contributed by atoms with E-state index in [4.69, 9.17) is 20.2 Å². The number of aliphatic imine (C=N–C) groups is 1. The lowest BCUT2D eigenvalue weighted by atomic mass is 9.78. The van der Waals surface area contributed by atoms with Crippen molar-refractivity contribution in [2.45, 2.75) is 5.54 Å². The molecule has 0 radical (unpaired) electrons. The quantitative estimate of drug-likeness (QED) is 0.742. The van der Waals surface area contributed by atoms with E-state index in [-0.39, 0.29) is 6.02 Å². The molecular weight excluding hydrogens is 316 g/mol. The van der Waals surface area contributed by atoms with Gasteiger partial charge in [0.25, 0.3) is 6.02 Å². The highest BCUT2D eigenvalue weighted by molar-refractivity contribution is 5.80. The lowest BCUT2D eigenvalue weighted by Crippen LogP contribution is -2.31. The molecule has 2 aliphatic heterocycles. The third-order valence-electron chi connectivity index (χ3n) is 4.59. The average molecular weight is 330 g/mol. The Morgan fingerprint density at radius 1 is 0.960 bits per heavy atom. The second kappa shape index (κ2) is 5.04. The van der Waals surface area contributed by atoms with Crippen LogP contribution in [0.2, 0.25) is 0 Å². The topological polar surface area (TPSA) is 82.6 Å². The number of hydrogen-bond donors (Lipinski definition) is 1. The van der Waals surface area contributed by atoms with Crippen molar-refractivity contribution in [3.8, 4) is 22.6 Å². The van der Waals surface area contributed by atoms with Crippen LogP contribution in [-0.4, -0.2) is 22.6 Å². The first kappa shape index (κ1) is 14.0. The van der Waals surface area contributed by atoms with Crippen molar-refractivity contribution in [2.75, 3.05) is 6.61 Å². The number of nitrogens with zero attached hydrogens (tertiary/aromatic N) is 3. The number of benzene rings is 2. The van der Waals surface area contributed by atoms with Crippen molar-refractivity contribution in [3.05, 3.63) is 72.3 Å². The Labute approximate surface area is 144 Å². The molecule has 1 spiro atoms. The zero-order valence-corrected chi connectivity index (χ0v) is 13.2. The minimum Gasteiger partial charge on any atom is -0.462 e. The van der Waals surface area contributed by atoms with Crippen LogP contribution in [0.5, 0.6) is 11.5 Å². The standard InChI is InChI=1S/C19H14N4O2/c20-18-23-19(10-24-18)14-5-1-2-6-15(14)25-16-7-3-4-13(17(16)19)12-8-21-11-22-9-12/h1-9,11H,10H2,(H2,20,23). The van der Waals surface area contributed by atoms with Crippen molar-refractivity contribution < 1.29 is 9.47 Å². The highest BCUT2D eigenvalue weighted by Gasteiger charge is 2.48. The summed E-state index contributed by atoms with van der Waals surface area (Å²) < 4.78 is 11.7. The van der Waals surface area contributed by atoms with Crippen molar-refractivity contribution in [1.29, 1.82) is 0 Å². The van der Waals surface area contributed by atoms with Crippen molar-refractivity contribution in [2.24, 2.45) is 10.7 Å². The van der Waals surface area contributed by atoms with Gasteiger partial charge in [0, 0.05) is 29.1 Å². The van der Waals surface area contributed by atoms with Gasteiger partial charge in [-0.05, 0) is 17.7 Å². The smallest absolute Gasteiger partial charge is 0.283 e. The summed E-state index contributed by atoms with van der Waals surface area (Å²) in [6.45, 7) is 0.330. The summed E-state index contributed by atoms with van der Waals surface area (Å²) in [5, 5.41) is 0. The number of ether oxygens (including phenoxy) is 2. The number of fused-ring (bicyclic) bond motifs is 4. The third kappa shape index (κ3) is 1.94. The van der Waals surface area contributed by atoms with Gasteiger partial charge in [0.1, 0.15) is 24.4 Å². The largest absolute Gasteiger partial charge is 0.462 e. The fourth-order valence-corrected chi connectivity index (χ4v) is 3.57. The SMILES string of the molecule is NC1=NC2(CO1)c1ccccc1Oc1cccc(-c3cncnc3)c12. The monoisotopic (exact) mass is 330 g/mol. The Balaban J connectivity index is 1.85. The van der Waals surface area contributed by atoms with Gasteiger partial charge < -0.3 is 15.2 Å². The lowest BCUT2D eigenvalue weighted by Gasteiger charge is -2.34. The number of amidine groups is 1. The zero-order valence-electron chi connectivity index (χ0n) is 13.2. The molecule has 1 aromatic heterocycles. The van der Waals surface area contributed by atoms with E-state index in [1.54, 1.807) is 12.4 Å². The van der Waals surface area contributed by atoms with Crippen molar-refractivity contribution in [1.82, 2.24) is 9.97 Å². The second-order valence-electron chi connectivity index (χ2n) is 6.00. The van der Waals surface area contributed by atoms with Gasteiger partial charge in [-0.1, -0.05) is 30.3 Å². The van der Waals surface area contributed by atoms with E-state index in [1.807, 2.05) is 42.5 Å². The molecule has 0 saturated heterocycles. The van der Waals surface area contributed by atoms with E-state index in [0.29, 0.717) is 6.61 Å². The molecule has 0 bridgehead atoms. The molecule has 2 aliphatic rings. The molecule has 1 atom stereocenters. The van der Waals surface area contributed by atoms with Crippen LogP contribution in [-0.2, 0) is 10.3 Å². The fraction of sp³-hybridized carbons (Fsp3) is 0.105. The van der Waals surface area contributed by atoms with E-state index in [1.165, 1.54) is 6.33 Å². The van der Waals surface area contributed by atoms with Crippen LogP contribution in [0.1, 0.15) is 11.1 Å². The zero-order chi connectivity index (χ0) is 16.9. The first-order valence-corrected chi connectivity index (χ1v) is 7.92. The molecule has 1 unspecified atom stereocenters. The highest BCUT2D eigenvalue weighted by Crippen LogP contribution is 2.53. The molecule has 5 rings (SSSR count).